The molecule has 0 aliphatic heterocycles. The van der Waals surface area contributed by atoms with E-state index in [-0.39, 0.29) is 17.6 Å². The zero-order valence-corrected chi connectivity index (χ0v) is 11.7. The standard InChI is InChI=1S/C13H26N2O2/c1-10(8-13(9-14)6-7-13)15(5)11(16)17-12(2,3)4/h10H,6-9,14H2,1-5H3. The molecule has 1 saturated carbocycles. The quantitative estimate of drug-likeness (QED) is 0.823. The van der Waals surface area contributed by atoms with E-state index in [1.807, 2.05) is 20.8 Å². The smallest absolute Gasteiger partial charge is 0.410 e. The molecule has 1 rings (SSSR count). The molecule has 1 fully saturated rings. The Hall–Kier alpha value is -0.770. The molecule has 1 aliphatic rings. The molecule has 1 amide bonds. The highest BCUT2D eigenvalue weighted by atomic mass is 16.6. The lowest BCUT2D eigenvalue weighted by atomic mass is 9.97. The highest BCUT2D eigenvalue weighted by Gasteiger charge is 2.43. The predicted molar refractivity (Wildman–Crippen MR) is 68.8 cm³/mol. The fourth-order valence-electron chi connectivity index (χ4n) is 1.95. The number of hydrogen-bond acceptors (Lipinski definition) is 3. The van der Waals surface area contributed by atoms with E-state index in [0.29, 0.717) is 0 Å². The summed E-state index contributed by atoms with van der Waals surface area (Å²) < 4.78 is 5.34. The van der Waals surface area contributed by atoms with Crippen molar-refractivity contribution in [3.05, 3.63) is 0 Å². The van der Waals surface area contributed by atoms with Gasteiger partial charge < -0.3 is 15.4 Å². The van der Waals surface area contributed by atoms with Crippen LogP contribution in [0.5, 0.6) is 0 Å². The fraction of sp³-hybridized carbons (Fsp3) is 0.923. The maximum absolute atomic E-state index is 11.9. The highest BCUT2D eigenvalue weighted by Crippen LogP contribution is 2.48. The molecule has 4 nitrogen and oxygen atoms in total. The van der Waals surface area contributed by atoms with Crippen molar-refractivity contribution in [3.63, 3.8) is 0 Å². The lowest BCUT2D eigenvalue weighted by Gasteiger charge is -2.30. The molecule has 1 aliphatic carbocycles. The Kier molecular flexibility index (Phi) is 4.07. The van der Waals surface area contributed by atoms with Crippen LogP contribution in [0, 0.1) is 5.41 Å². The van der Waals surface area contributed by atoms with Gasteiger partial charge in [-0.3, -0.25) is 0 Å². The van der Waals surface area contributed by atoms with Crippen LogP contribution in [0.4, 0.5) is 4.79 Å². The zero-order chi connectivity index (χ0) is 13.3. The van der Waals surface area contributed by atoms with Crippen molar-refractivity contribution in [3.8, 4) is 0 Å². The number of hydrogen-bond donors (Lipinski definition) is 1. The number of carbonyl (C=O) groups excluding carboxylic acids is 1. The van der Waals surface area contributed by atoms with Gasteiger partial charge in [0.15, 0.2) is 0 Å². The summed E-state index contributed by atoms with van der Waals surface area (Å²) in [6, 6.07) is 0.177. The van der Waals surface area contributed by atoms with Crippen LogP contribution < -0.4 is 5.73 Å². The van der Waals surface area contributed by atoms with E-state index in [1.165, 1.54) is 12.8 Å². The summed E-state index contributed by atoms with van der Waals surface area (Å²) in [7, 11) is 1.80. The lowest BCUT2D eigenvalue weighted by Crippen LogP contribution is -2.41. The van der Waals surface area contributed by atoms with Crippen molar-refractivity contribution >= 4 is 6.09 Å². The molecule has 1 unspecified atom stereocenters. The van der Waals surface area contributed by atoms with Crippen LogP contribution in [0.1, 0.15) is 47.0 Å². The molecule has 0 spiro atoms. The van der Waals surface area contributed by atoms with Crippen LogP contribution in [0.2, 0.25) is 0 Å². The van der Waals surface area contributed by atoms with E-state index < -0.39 is 5.60 Å². The van der Waals surface area contributed by atoms with E-state index in [1.54, 1.807) is 11.9 Å². The van der Waals surface area contributed by atoms with Gasteiger partial charge in [0.1, 0.15) is 5.60 Å². The number of carbonyl (C=O) groups is 1. The fourth-order valence-corrected chi connectivity index (χ4v) is 1.95. The topological polar surface area (TPSA) is 55.6 Å². The molecule has 0 radical (unpaired) electrons. The van der Waals surface area contributed by atoms with Crippen LogP contribution >= 0.6 is 0 Å². The molecule has 1 atom stereocenters. The average Bonchev–Trinajstić information content (AvgIpc) is 2.94. The summed E-state index contributed by atoms with van der Waals surface area (Å²) in [5, 5.41) is 0. The lowest BCUT2D eigenvalue weighted by molar-refractivity contribution is 0.0214. The van der Waals surface area contributed by atoms with Crippen molar-refractivity contribution in [1.82, 2.24) is 4.90 Å². The second-order valence-electron chi connectivity index (χ2n) is 6.35. The van der Waals surface area contributed by atoms with Crippen molar-refractivity contribution in [2.24, 2.45) is 11.1 Å². The van der Waals surface area contributed by atoms with Gasteiger partial charge in [0, 0.05) is 13.1 Å². The summed E-state index contributed by atoms with van der Waals surface area (Å²) in [4.78, 5) is 13.5. The minimum absolute atomic E-state index is 0.177. The second kappa shape index (κ2) is 4.84. The number of rotatable bonds is 4. The molecule has 0 saturated heterocycles. The molecule has 2 N–H and O–H groups in total. The first-order valence-corrected chi connectivity index (χ1v) is 6.35. The largest absolute Gasteiger partial charge is 0.444 e. The Morgan fingerprint density at radius 2 is 2.00 bits per heavy atom. The Morgan fingerprint density at radius 1 is 1.47 bits per heavy atom. The monoisotopic (exact) mass is 242 g/mol. The predicted octanol–water partition coefficient (Wildman–Crippen LogP) is 2.37. The third-order valence-electron chi connectivity index (χ3n) is 3.46. The van der Waals surface area contributed by atoms with E-state index in [0.717, 1.165) is 13.0 Å². The number of nitrogens with zero attached hydrogens (tertiary/aromatic N) is 1. The minimum Gasteiger partial charge on any atom is -0.444 e. The Morgan fingerprint density at radius 3 is 2.35 bits per heavy atom. The van der Waals surface area contributed by atoms with Gasteiger partial charge in [0.25, 0.3) is 0 Å². The maximum atomic E-state index is 11.9. The Labute approximate surface area is 104 Å². The van der Waals surface area contributed by atoms with Gasteiger partial charge in [0.05, 0.1) is 0 Å². The summed E-state index contributed by atoms with van der Waals surface area (Å²) >= 11 is 0. The van der Waals surface area contributed by atoms with Gasteiger partial charge in [-0.05, 0) is 58.9 Å². The second-order valence-corrected chi connectivity index (χ2v) is 6.35. The average molecular weight is 242 g/mol. The number of nitrogens with two attached hydrogens (primary N) is 1. The molecular formula is C13H26N2O2. The van der Waals surface area contributed by atoms with Crippen molar-refractivity contribution < 1.29 is 9.53 Å². The maximum Gasteiger partial charge on any atom is 0.410 e. The SMILES string of the molecule is CC(CC1(CN)CC1)N(C)C(=O)OC(C)(C)C. The Bertz CT molecular complexity index is 280. The normalized spacial score (nSPS) is 19.6. The van der Waals surface area contributed by atoms with Gasteiger partial charge in [0.2, 0.25) is 0 Å². The first-order valence-electron chi connectivity index (χ1n) is 6.35. The van der Waals surface area contributed by atoms with E-state index >= 15 is 0 Å². The van der Waals surface area contributed by atoms with Crippen LogP contribution in [-0.2, 0) is 4.74 Å². The minimum atomic E-state index is -0.434. The molecule has 100 valence electrons. The van der Waals surface area contributed by atoms with E-state index in [4.69, 9.17) is 10.5 Å². The van der Waals surface area contributed by atoms with Crippen LogP contribution in [0.3, 0.4) is 0 Å². The van der Waals surface area contributed by atoms with Gasteiger partial charge in [-0.15, -0.1) is 0 Å². The molecular weight excluding hydrogens is 216 g/mol. The number of ether oxygens (including phenoxy) is 1. The molecule has 0 bridgehead atoms. The van der Waals surface area contributed by atoms with Crippen molar-refractivity contribution in [1.29, 1.82) is 0 Å². The number of amides is 1. The van der Waals surface area contributed by atoms with Gasteiger partial charge >= 0.3 is 6.09 Å². The van der Waals surface area contributed by atoms with E-state index in [9.17, 15) is 4.79 Å². The first-order chi connectivity index (χ1) is 7.69. The van der Waals surface area contributed by atoms with Crippen LogP contribution in [0.25, 0.3) is 0 Å². The molecule has 0 aromatic rings. The molecule has 0 heterocycles. The van der Waals surface area contributed by atoms with Crippen LogP contribution in [0.15, 0.2) is 0 Å². The summed E-state index contributed by atoms with van der Waals surface area (Å²) in [6.07, 6.45) is 3.10. The van der Waals surface area contributed by atoms with Crippen LogP contribution in [-0.4, -0.2) is 36.2 Å². The molecule has 4 heteroatoms. The van der Waals surface area contributed by atoms with Crippen molar-refractivity contribution in [2.75, 3.05) is 13.6 Å². The van der Waals surface area contributed by atoms with Crippen molar-refractivity contribution in [2.45, 2.75) is 58.6 Å². The van der Waals surface area contributed by atoms with E-state index in [2.05, 4.69) is 6.92 Å². The Balaban J connectivity index is 2.46. The summed E-state index contributed by atoms with van der Waals surface area (Å²) in [5.74, 6) is 0. The highest BCUT2D eigenvalue weighted by molar-refractivity contribution is 5.68. The third kappa shape index (κ3) is 4.19. The zero-order valence-electron chi connectivity index (χ0n) is 11.7. The molecule has 17 heavy (non-hydrogen) atoms. The first kappa shape index (κ1) is 14.3. The molecule has 0 aromatic carbocycles. The van der Waals surface area contributed by atoms with Gasteiger partial charge in [-0.25, -0.2) is 4.79 Å². The molecule has 0 aromatic heterocycles. The third-order valence-corrected chi connectivity index (χ3v) is 3.46. The van der Waals surface area contributed by atoms with Gasteiger partial charge in [-0.1, -0.05) is 0 Å². The summed E-state index contributed by atoms with van der Waals surface area (Å²) in [6.45, 7) is 8.42. The van der Waals surface area contributed by atoms with Gasteiger partial charge in [-0.2, -0.15) is 0 Å². The summed E-state index contributed by atoms with van der Waals surface area (Å²) in [5.41, 5.74) is 5.61.